The third kappa shape index (κ3) is 1.85. The smallest absolute Gasteiger partial charge is 0.181 e. The van der Waals surface area contributed by atoms with Crippen LogP contribution in [0.5, 0.6) is 0 Å². The van der Waals surface area contributed by atoms with E-state index in [9.17, 15) is 0 Å². The van der Waals surface area contributed by atoms with E-state index in [1.54, 1.807) is 0 Å². The van der Waals surface area contributed by atoms with Crippen molar-refractivity contribution >= 4 is 0 Å². The summed E-state index contributed by atoms with van der Waals surface area (Å²) in [5.41, 5.74) is 3.57. The third-order valence-electron chi connectivity index (χ3n) is 3.03. The molecule has 2 aromatic rings. The fourth-order valence-electron chi connectivity index (χ4n) is 1.97. The molecule has 0 saturated carbocycles. The van der Waals surface area contributed by atoms with Crippen LogP contribution < -0.4 is 0 Å². The zero-order valence-corrected chi connectivity index (χ0v) is 10.0. The van der Waals surface area contributed by atoms with E-state index >= 15 is 0 Å². The fraction of sp³-hybridized carbons (Fsp3) is 0.385. The van der Waals surface area contributed by atoms with Crippen LogP contribution in [-0.2, 0) is 18.0 Å². The molecule has 0 spiro atoms. The van der Waals surface area contributed by atoms with Gasteiger partial charge < -0.3 is 4.74 Å². The Morgan fingerprint density at radius 3 is 2.82 bits per heavy atom. The zero-order chi connectivity index (χ0) is 11.8. The minimum absolute atomic E-state index is 0.369. The summed E-state index contributed by atoms with van der Waals surface area (Å²) >= 11 is 0. The molecule has 0 fully saturated rings. The van der Waals surface area contributed by atoms with Crippen molar-refractivity contribution in [1.82, 2.24) is 15.2 Å². The Bertz CT molecular complexity index is 545. The quantitative estimate of drug-likeness (QED) is 0.861. The number of ether oxygens (including phenoxy) is 1. The van der Waals surface area contributed by atoms with Crippen molar-refractivity contribution in [2.75, 3.05) is 0 Å². The van der Waals surface area contributed by atoms with E-state index in [0.29, 0.717) is 12.5 Å². The molecule has 1 aliphatic heterocycles. The van der Waals surface area contributed by atoms with Crippen molar-refractivity contribution in [3.05, 3.63) is 35.2 Å². The van der Waals surface area contributed by atoms with Gasteiger partial charge in [0.15, 0.2) is 5.82 Å². The Kier molecular flexibility index (Phi) is 2.44. The molecule has 1 aromatic heterocycles. The van der Waals surface area contributed by atoms with Gasteiger partial charge in [-0.25, -0.2) is 4.98 Å². The average molecular weight is 229 g/mol. The van der Waals surface area contributed by atoms with Gasteiger partial charge in [-0.05, 0) is 17.2 Å². The van der Waals surface area contributed by atoms with Crippen molar-refractivity contribution in [3.8, 4) is 11.4 Å². The summed E-state index contributed by atoms with van der Waals surface area (Å²) in [5, 5.41) is 7.24. The largest absolute Gasteiger partial charge is 0.372 e. The van der Waals surface area contributed by atoms with E-state index in [-0.39, 0.29) is 0 Å². The van der Waals surface area contributed by atoms with Gasteiger partial charge in [0.05, 0.1) is 13.2 Å². The van der Waals surface area contributed by atoms with Crippen molar-refractivity contribution in [1.29, 1.82) is 0 Å². The summed E-state index contributed by atoms with van der Waals surface area (Å²) < 4.78 is 5.40. The Hall–Kier alpha value is -1.68. The number of aromatic amines is 1. The fourth-order valence-corrected chi connectivity index (χ4v) is 1.97. The number of rotatable bonds is 2. The highest BCUT2D eigenvalue weighted by molar-refractivity contribution is 5.57. The SMILES string of the molecule is CC(C)c1nc(-c2ccc3c(c2)COC3)n[nH]1. The molecule has 1 aromatic carbocycles. The molecule has 0 amide bonds. The second-order valence-corrected chi connectivity index (χ2v) is 4.68. The first-order valence-electron chi connectivity index (χ1n) is 5.86. The Labute approximate surface area is 100 Å². The molecule has 4 heteroatoms. The first-order chi connectivity index (χ1) is 8.24. The van der Waals surface area contributed by atoms with Crippen LogP contribution >= 0.6 is 0 Å². The molecule has 2 heterocycles. The monoisotopic (exact) mass is 229 g/mol. The molecular formula is C13H15N3O. The van der Waals surface area contributed by atoms with Crippen LogP contribution in [0, 0.1) is 0 Å². The van der Waals surface area contributed by atoms with E-state index in [1.807, 2.05) is 0 Å². The molecule has 3 rings (SSSR count). The van der Waals surface area contributed by atoms with E-state index in [0.717, 1.165) is 23.8 Å². The number of benzene rings is 1. The molecule has 0 unspecified atom stereocenters. The van der Waals surface area contributed by atoms with Gasteiger partial charge in [-0.1, -0.05) is 26.0 Å². The summed E-state index contributed by atoms with van der Waals surface area (Å²) in [6, 6.07) is 6.28. The molecule has 0 saturated heterocycles. The van der Waals surface area contributed by atoms with Crippen LogP contribution in [0.1, 0.15) is 36.7 Å². The van der Waals surface area contributed by atoms with Gasteiger partial charge in [0.2, 0.25) is 0 Å². The summed E-state index contributed by atoms with van der Waals surface area (Å²) in [5.74, 6) is 2.06. The number of hydrogen-bond acceptors (Lipinski definition) is 3. The van der Waals surface area contributed by atoms with Crippen molar-refractivity contribution in [3.63, 3.8) is 0 Å². The predicted octanol–water partition coefficient (Wildman–Crippen LogP) is 2.63. The summed E-state index contributed by atoms with van der Waals surface area (Å²) in [4.78, 5) is 4.50. The molecular weight excluding hydrogens is 214 g/mol. The second-order valence-electron chi connectivity index (χ2n) is 4.68. The molecule has 88 valence electrons. The highest BCUT2D eigenvalue weighted by atomic mass is 16.5. The van der Waals surface area contributed by atoms with Crippen LogP contribution in [0.25, 0.3) is 11.4 Å². The Morgan fingerprint density at radius 1 is 1.24 bits per heavy atom. The van der Waals surface area contributed by atoms with Gasteiger partial charge in [-0.15, -0.1) is 0 Å². The van der Waals surface area contributed by atoms with Gasteiger partial charge in [0.25, 0.3) is 0 Å². The van der Waals surface area contributed by atoms with Gasteiger partial charge in [-0.3, -0.25) is 5.10 Å². The minimum Gasteiger partial charge on any atom is -0.372 e. The summed E-state index contributed by atoms with van der Waals surface area (Å²) in [6.07, 6.45) is 0. The highest BCUT2D eigenvalue weighted by Crippen LogP contribution is 2.25. The van der Waals surface area contributed by atoms with Gasteiger partial charge in [0, 0.05) is 11.5 Å². The number of H-pyrrole nitrogens is 1. The molecule has 0 aliphatic carbocycles. The number of nitrogens with one attached hydrogen (secondary N) is 1. The van der Waals surface area contributed by atoms with Gasteiger partial charge >= 0.3 is 0 Å². The lowest BCUT2D eigenvalue weighted by atomic mass is 10.1. The van der Waals surface area contributed by atoms with Gasteiger partial charge in [0.1, 0.15) is 5.82 Å². The molecule has 0 radical (unpaired) electrons. The van der Waals surface area contributed by atoms with Crippen LogP contribution in [0.2, 0.25) is 0 Å². The van der Waals surface area contributed by atoms with Crippen molar-refractivity contribution in [2.45, 2.75) is 33.0 Å². The van der Waals surface area contributed by atoms with E-state index in [4.69, 9.17) is 4.74 Å². The summed E-state index contributed by atoms with van der Waals surface area (Å²) in [6.45, 7) is 5.62. The van der Waals surface area contributed by atoms with Crippen LogP contribution in [-0.4, -0.2) is 15.2 Å². The Morgan fingerprint density at radius 2 is 2.06 bits per heavy atom. The highest BCUT2D eigenvalue weighted by Gasteiger charge is 2.14. The Balaban J connectivity index is 1.97. The maximum atomic E-state index is 5.40. The number of hydrogen-bond donors (Lipinski definition) is 1. The van der Waals surface area contributed by atoms with Crippen molar-refractivity contribution < 1.29 is 4.74 Å². The first-order valence-corrected chi connectivity index (χ1v) is 5.86. The normalized spacial score (nSPS) is 14.3. The lowest BCUT2D eigenvalue weighted by Gasteiger charge is -1.99. The van der Waals surface area contributed by atoms with Crippen LogP contribution in [0.4, 0.5) is 0 Å². The summed E-state index contributed by atoms with van der Waals surface area (Å²) in [7, 11) is 0. The number of nitrogens with zero attached hydrogens (tertiary/aromatic N) is 2. The molecule has 17 heavy (non-hydrogen) atoms. The standard InChI is InChI=1S/C13H15N3O/c1-8(2)12-14-13(16-15-12)9-3-4-10-6-17-7-11(10)5-9/h3-5,8H,6-7H2,1-2H3,(H,14,15,16). The molecule has 4 nitrogen and oxygen atoms in total. The predicted molar refractivity (Wildman–Crippen MR) is 64.4 cm³/mol. The number of fused-ring (bicyclic) bond motifs is 1. The van der Waals surface area contributed by atoms with Crippen LogP contribution in [0.15, 0.2) is 18.2 Å². The van der Waals surface area contributed by atoms with Crippen molar-refractivity contribution in [2.24, 2.45) is 0 Å². The maximum absolute atomic E-state index is 5.40. The third-order valence-corrected chi connectivity index (χ3v) is 3.03. The van der Waals surface area contributed by atoms with E-state index < -0.39 is 0 Å². The minimum atomic E-state index is 0.369. The first kappa shape index (κ1) is 10.5. The molecule has 0 atom stereocenters. The average Bonchev–Trinajstić information content (AvgIpc) is 2.97. The zero-order valence-electron chi connectivity index (χ0n) is 10.0. The number of aromatic nitrogens is 3. The second kappa shape index (κ2) is 3.96. The van der Waals surface area contributed by atoms with Gasteiger partial charge in [-0.2, -0.15) is 5.10 Å². The maximum Gasteiger partial charge on any atom is 0.181 e. The van der Waals surface area contributed by atoms with Crippen LogP contribution in [0.3, 0.4) is 0 Å². The lowest BCUT2D eigenvalue weighted by Crippen LogP contribution is -1.89. The van der Waals surface area contributed by atoms with E-state index in [1.165, 1.54) is 11.1 Å². The lowest BCUT2D eigenvalue weighted by molar-refractivity contribution is 0.134. The molecule has 1 aliphatic rings. The molecule has 0 bridgehead atoms. The molecule has 1 N–H and O–H groups in total. The topological polar surface area (TPSA) is 50.8 Å². The van der Waals surface area contributed by atoms with E-state index in [2.05, 4.69) is 47.2 Å².